The highest BCUT2D eigenvalue weighted by atomic mass is 35.5. The first-order chi connectivity index (χ1) is 6.22. The van der Waals surface area contributed by atoms with Gasteiger partial charge in [-0.3, -0.25) is 4.68 Å². The molecular formula is C10H14ClN3. The largest absolute Gasteiger partial charge is 0.326 e. The highest BCUT2D eigenvalue weighted by Crippen LogP contribution is 2.18. The van der Waals surface area contributed by atoms with Gasteiger partial charge in [-0.1, -0.05) is 6.07 Å². The molecule has 0 aliphatic carbocycles. The van der Waals surface area contributed by atoms with E-state index in [-0.39, 0.29) is 12.4 Å². The Kier molecular flexibility index (Phi) is 3.13. The lowest BCUT2D eigenvalue weighted by Gasteiger charge is -1.97. The summed E-state index contributed by atoms with van der Waals surface area (Å²) in [7, 11) is 1.96. The number of hydrogen-bond acceptors (Lipinski definition) is 2. The lowest BCUT2D eigenvalue weighted by Crippen LogP contribution is -1.95. The van der Waals surface area contributed by atoms with Crippen molar-refractivity contribution in [3.63, 3.8) is 0 Å². The van der Waals surface area contributed by atoms with Crippen LogP contribution in [0.1, 0.15) is 11.3 Å². The van der Waals surface area contributed by atoms with Crippen molar-refractivity contribution in [1.82, 2.24) is 9.78 Å². The molecule has 0 fully saturated rings. The average Bonchev–Trinajstić information content (AvgIpc) is 2.42. The van der Waals surface area contributed by atoms with Gasteiger partial charge in [0, 0.05) is 19.0 Å². The van der Waals surface area contributed by atoms with Crippen LogP contribution in [0.15, 0.2) is 18.2 Å². The number of nitrogens with zero attached hydrogens (tertiary/aromatic N) is 2. The summed E-state index contributed by atoms with van der Waals surface area (Å²) in [4.78, 5) is 0. The molecule has 0 spiro atoms. The monoisotopic (exact) mass is 211 g/mol. The first-order valence-electron chi connectivity index (χ1n) is 4.34. The molecule has 0 saturated heterocycles. The van der Waals surface area contributed by atoms with Crippen LogP contribution in [0.3, 0.4) is 0 Å². The zero-order valence-corrected chi connectivity index (χ0v) is 9.14. The standard InChI is InChI=1S/C10H13N3.ClH/c1-7-9-5-8(6-11)3-4-10(9)13(2)12-7;/h3-5H,6,11H2,1-2H3;1H. The second-order valence-corrected chi connectivity index (χ2v) is 3.26. The molecule has 3 nitrogen and oxygen atoms in total. The van der Waals surface area contributed by atoms with Crippen molar-refractivity contribution in [2.45, 2.75) is 13.5 Å². The van der Waals surface area contributed by atoms with Crippen LogP contribution >= 0.6 is 12.4 Å². The van der Waals surface area contributed by atoms with Gasteiger partial charge in [0.05, 0.1) is 11.2 Å². The minimum atomic E-state index is 0. The topological polar surface area (TPSA) is 43.8 Å². The fraction of sp³-hybridized carbons (Fsp3) is 0.300. The summed E-state index contributed by atoms with van der Waals surface area (Å²) in [6, 6.07) is 6.22. The molecule has 0 aliphatic heterocycles. The molecule has 2 aromatic rings. The zero-order chi connectivity index (χ0) is 9.42. The number of benzene rings is 1. The summed E-state index contributed by atoms with van der Waals surface area (Å²) < 4.78 is 1.89. The molecule has 0 aliphatic rings. The fourth-order valence-electron chi connectivity index (χ4n) is 1.61. The Bertz CT molecular complexity index is 448. The van der Waals surface area contributed by atoms with E-state index in [1.165, 1.54) is 5.39 Å². The van der Waals surface area contributed by atoms with Gasteiger partial charge in [-0.05, 0) is 24.6 Å². The average molecular weight is 212 g/mol. The molecule has 1 heterocycles. The van der Waals surface area contributed by atoms with Gasteiger partial charge in [0.25, 0.3) is 0 Å². The Hall–Kier alpha value is -1.06. The Labute approximate surface area is 89.3 Å². The normalized spacial score (nSPS) is 10.2. The molecule has 0 amide bonds. The van der Waals surface area contributed by atoms with Crippen LogP contribution in [0.2, 0.25) is 0 Å². The van der Waals surface area contributed by atoms with Gasteiger partial charge < -0.3 is 5.73 Å². The van der Waals surface area contributed by atoms with Gasteiger partial charge in [-0.25, -0.2) is 0 Å². The number of aryl methyl sites for hydroxylation is 2. The Balaban J connectivity index is 0.000000980. The predicted molar refractivity (Wildman–Crippen MR) is 60.6 cm³/mol. The SMILES string of the molecule is Cc1nn(C)c2ccc(CN)cc12.Cl. The van der Waals surface area contributed by atoms with Crippen LogP contribution in [-0.4, -0.2) is 9.78 Å². The fourth-order valence-corrected chi connectivity index (χ4v) is 1.61. The number of halogens is 1. The minimum absolute atomic E-state index is 0. The lowest BCUT2D eigenvalue weighted by atomic mass is 10.1. The number of aromatic nitrogens is 2. The van der Waals surface area contributed by atoms with E-state index in [0.29, 0.717) is 6.54 Å². The maximum atomic E-state index is 5.57. The third-order valence-electron chi connectivity index (χ3n) is 2.34. The van der Waals surface area contributed by atoms with Crippen molar-refractivity contribution in [1.29, 1.82) is 0 Å². The van der Waals surface area contributed by atoms with E-state index in [1.807, 2.05) is 24.7 Å². The van der Waals surface area contributed by atoms with E-state index in [4.69, 9.17) is 5.73 Å². The van der Waals surface area contributed by atoms with E-state index < -0.39 is 0 Å². The van der Waals surface area contributed by atoms with Crippen molar-refractivity contribution in [2.24, 2.45) is 12.8 Å². The molecule has 1 aromatic carbocycles. The smallest absolute Gasteiger partial charge is 0.0682 e. The third kappa shape index (κ3) is 1.61. The molecule has 4 heteroatoms. The number of rotatable bonds is 1. The van der Waals surface area contributed by atoms with E-state index in [2.05, 4.69) is 17.2 Å². The minimum Gasteiger partial charge on any atom is -0.326 e. The van der Waals surface area contributed by atoms with Crippen molar-refractivity contribution < 1.29 is 0 Å². The molecule has 14 heavy (non-hydrogen) atoms. The Morgan fingerprint density at radius 1 is 1.43 bits per heavy atom. The highest BCUT2D eigenvalue weighted by molar-refractivity contribution is 5.85. The summed E-state index contributed by atoms with van der Waals surface area (Å²) in [6.45, 7) is 2.60. The van der Waals surface area contributed by atoms with E-state index in [0.717, 1.165) is 16.8 Å². The van der Waals surface area contributed by atoms with Gasteiger partial charge in [0.1, 0.15) is 0 Å². The predicted octanol–water partition coefficient (Wildman–Crippen LogP) is 1.76. The second kappa shape index (κ2) is 3.98. The first-order valence-corrected chi connectivity index (χ1v) is 4.34. The molecular weight excluding hydrogens is 198 g/mol. The van der Waals surface area contributed by atoms with Crippen molar-refractivity contribution in [3.8, 4) is 0 Å². The molecule has 0 atom stereocenters. The summed E-state index contributed by atoms with van der Waals surface area (Å²) in [5, 5.41) is 5.54. The molecule has 1 aromatic heterocycles. The highest BCUT2D eigenvalue weighted by Gasteiger charge is 2.04. The molecule has 2 N–H and O–H groups in total. The quantitative estimate of drug-likeness (QED) is 0.781. The van der Waals surface area contributed by atoms with Gasteiger partial charge in [0.15, 0.2) is 0 Å². The Morgan fingerprint density at radius 2 is 2.14 bits per heavy atom. The molecule has 2 rings (SSSR count). The van der Waals surface area contributed by atoms with Gasteiger partial charge in [-0.15, -0.1) is 12.4 Å². The molecule has 0 bridgehead atoms. The molecule has 76 valence electrons. The second-order valence-electron chi connectivity index (χ2n) is 3.26. The van der Waals surface area contributed by atoms with E-state index >= 15 is 0 Å². The summed E-state index contributed by atoms with van der Waals surface area (Å²) in [5.41, 5.74) is 8.95. The van der Waals surface area contributed by atoms with Crippen LogP contribution in [0, 0.1) is 6.92 Å². The Morgan fingerprint density at radius 3 is 2.79 bits per heavy atom. The summed E-state index contributed by atoms with van der Waals surface area (Å²) in [6.07, 6.45) is 0. The molecule has 0 radical (unpaired) electrons. The maximum absolute atomic E-state index is 5.57. The van der Waals surface area contributed by atoms with Crippen LogP contribution < -0.4 is 5.73 Å². The first kappa shape index (κ1) is 11.0. The third-order valence-corrected chi connectivity index (χ3v) is 2.34. The summed E-state index contributed by atoms with van der Waals surface area (Å²) >= 11 is 0. The van der Waals surface area contributed by atoms with Gasteiger partial charge in [-0.2, -0.15) is 5.10 Å². The van der Waals surface area contributed by atoms with E-state index in [9.17, 15) is 0 Å². The van der Waals surface area contributed by atoms with Crippen LogP contribution in [0.4, 0.5) is 0 Å². The molecule has 0 unspecified atom stereocenters. The zero-order valence-electron chi connectivity index (χ0n) is 8.32. The molecule has 0 saturated carbocycles. The summed E-state index contributed by atoms with van der Waals surface area (Å²) in [5.74, 6) is 0. The lowest BCUT2D eigenvalue weighted by molar-refractivity contribution is 0.783. The van der Waals surface area contributed by atoms with Crippen LogP contribution in [0.25, 0.3) is 10.9 Å². The van der Waals surface area contributed by atoms with Crippen molar-refractivity contribution in [2.75, 3.05) is 0 Å². The number of hydrogen-bond donors (Lipinski definition) is 1. The maximum Gasteiger partial charge on any atom is 0.0682 e. The van der Waals surface area contributed by atoms with Crippen LogP contribution in [-0.2, 0) is 13.6 Å². The van der Waals surface area contributed by atoms with Gasteiger partial charge >= 0.3 is 0 Å². The van der Waals surface area contributed by atoms with Crippen molar-refractivity contribution in [3.05, 3.63) is 29.5 Å². The number of nitrogens with two attached hydrogens (primary N) is 1. The van der Waals surface area contributed by atoms with Gasteiger partial charge in [0.2, 0.25) is 0 Å². The van der Waals surface area contributed by atoms with Crippen LogP contribution in [0.5, 0.6) is 0 Å². The van der Waals surface area contributed by atoms with E-state index in [1.54, 1.807) is 0 Å². The number of fused-ring (bicyclic) bond motifs is 1. The van der Waals surface area contributed by atoms with Crippen molar-refractivity contribution >= 4 is 23.3 Å².